The summed E-state index contributed by atoms with van der Waals surface area (Å²) in [5.41, 5.74) is 1.51. The van der Waals surface area contributed by atoms with E-state index in [1.165, 1.54) is 16.4 Å². The Labute approximate surface area is 191 Å². The van der Waals surface area contributed by atoms with Crippen LogP contribution >= 0.6 is 11.6 Å². The van der Waals surface area contributed by atoms with Gasteiger partial charge in [-0.25, -0.2) is 13.2 Å². The van der Waals surface area contributed by atoms with E-state index in [4.69, 9.17) is 11.6 Å². The van der Waals surface area contributed by atoms with Gasteiger partial charge in [0.1, 0.15) is 10.4 Å². The van der Waals surface area contributed by atoms with E-state index in [0.29, 0.717) is 25.9 Å². The van der Waals surface area contributed by atoms with E-state index in [1.807, 2.05) is 0 Å². The molecule has 174 valence electrons. The number of nitrogens with zero attached hydrogens (tertiary/aromatic N) is 3. The van der Waals surface area contributed by atoms with Gasteiger partial charge < -0.3 is 5.32 Å². The maximum absolute atomic E-state index is 12.8. The minimum atomic E-state index is -3.73. The highest BCUT2D eigenvalue weighted by molar-refractivity contribution is 7.89. The zero-order chi connectivity index (χ0) is 22.9. The van der Waals surface area contributed by atoms with Crippen molar-refractivity contribution in [1.29, 1.82) is 0 Å². The van der Waals surface area contributed by atoms with E-state index in [2.05, 4.69) is 10.7 Å². The molecule has 2 saturated heterocycles. The molecule has 0 unspecified atom stereocenters. The second-order valence-corrected chi connectivity index (χ2v) is 10.7. The standard InChI is InChI=1S/C20H26ClN5O5S/c21-15-6-2-3-7-16(15)32(30,31)25-12-10-24(11-13-25)14-17(27)23-26-18(28)20(22-19(26)29)8-4-1-5-9-20/h2-3,6-7H,1,4-5,8-14H2,(H,22,29)(H,23,27). The second kappa shape index (κ2) is 8.97. The summed E-state index contributed by atoms with van der Waals surface area (Å²) in [6.45, 7) is 1.02. The van der Waals surface area contributed by atoms with E-state index in [0.717, 1.165) is 24.3 Å². The summed E-state index contributed by atoms with van der Waals surface area (Å²) in [6.07, 6.45) is 3.89. The van der Waals surface area contributed by atoms with Gasteiger partial charge in [-0.05, 0) is 25.0 Å². The largest absolute Gasteiger partial charge is 0.344 e. The summed E-state index contributed by atoms with van der Waals surface area (Å²) in [5, 5.41) is 3.69. The molecule has 1 aromatic carbocycles. The minimum Gasteiger partial charge on any atom is -0.322 e. The number of halogens is 1. The fraction of sp³-hybridized carbons (Fsp3) is 0.550. The van der Waals surface area contributed by atoms with Crippen molar-refractivity contribution in [3.05, 3.63) is 29.3 Å². The summed E-state index contributed by atoms with van der Waals surface area (Å²) >= 11 is 6.05. The average molecular weight is 484 g/mol. The Morgan fingerprint density at radius 1 is 1.06 bits per heavy atom. The predicted molar refractivity (Wildman–Crippen MR) is 116 cm³/mol. The molecule has 2 heterocycles. The SMILES string of the molecule is O=C(CN1CCN(S(=O)(=O)c2ccccc2Cl)CC1)NN1C(=O)NC2(CCCCC2)C1=O. The summed E-state index contributed by atoms with van der Waals surface area (Å²) in [7, 11) is -3.73. The van der Waals surface area contributed by atoms with Crippen LogP contribution in [0.3, 0.4) is 0 Å². The van der Waals surface area contributed by atoms with Crippen LogP contribution in [0.25, 0.3) is 0 Å². The first kappa shape index (κ1) is 23.0. The highest BCUT2D eigenvalue weighted by atomic mass is 35.5. The lowest BCUT2D eigenvalue weighted by molar-refractivity contribution is -0.140. The molecule has 2 N–H and O–H groups in total. The number of nitrogens with one attached hydrogen (secondary N) is 2. The van der Waals surface area contributed by atoms with Crippen LogP contribution in [0.2, 0.25) is 5.02 Å². The van der Waals surface area contributed by atoms with Gasteiger partial charge in [-0.1, -0.05) is 43.0 Å². The first-order chi connectivity index (χ1) is 15.2. The van der Waals surface area contributed by atoms with Crippen molar-refractivity contribution in [2.24, 2.45) is 0 Å². The second-order valence-electron chi connectivity index (χ2n) is 8.36. The number of carbonyl (C=O) groups is 3. The lowest BCUT2D eigenvalue weighted by Crippen LogP contribution is -2.54. The van der Waals surface area contributed by atoms with E-state index in [9.17, 15) is 22.8 Å². The third kappa shape index (κ3) is 4.34. The number of sulfonamides is 1. The zero-order valence-electron chi connectivity index (χ0n) is 17.5. The predicted octanol–water partition coefficient (Wildman–Crippen LogP) is 0.932. The van der Waals surface area contributed by atoms with Crippen molar-refractivity contribution in [3.8, 4) is 0 Å². The molecular formula is C20H26ClN5O5S. The quantitative estimate of drug-likeness (QED) is 0.601. The van der Waals surface area contributed by atoms with Gasteiger partial charge in [0.15, 0.2) is 0 Å². The van der Waals surface area contributed by atoms with Gasteiger partial charge in [0.2, 0.25) is 10.0 Å². The highest BCUT2D eigenvalue weighted by Gasteiger charge is 2.52. The van der Waals surface area contributed by atoms with E-state index in [-0.39, 0.29) is 29.6 Å². The summed E-state index contributed by atoms with van der Waals surface area (Å²) in [6, 6.07) is 5.67. The van der Waals surface area contributed by atoms with Crippen LogP contribution in [0.1, 0.15) is 32.1 Å². The van der Waals surface area contributed by atoms with Gasteiger partial charge in [0.25, 0.3) is 11.8 Å². The van der Waals surface area contributed by atoms with Crippen molar-refractivity contribution in [2.45, 2.75) is 42.5 Å². The van der Waals surface area contributed by atoms with Crippen molar-refractivity contribution >= 4 is 39.5 Å². The Morgan fingerprint density at radius 2 is 1.72 bits per heavy atom. The molecule has 10 nitrogen and oxygen atoms in total. The number of imide groups is 1. The molecule has 4 rings (SSSR count). The molecule has 3 fully saturated rings. The molecule has 1 aliphatic carbocycles. The number of hydrogen-bond acceptors (Lipinski definition) is 6. The van der Waals surface area contributed by atoms with E-state index < -0.39 is 33.4 Å². The molecule has 1 spiro atoms. The normalized spacial score (nSPS) is 22.2. The number of carbonyl (C=O) groups excluding carboxylic acids is 3. The van der Waals surface area contributed by atoms with Gasteiger partial charge in [-0.3, -0.25) is 19.9 Å². The van der Waals surface area contributed by atoms with Crippen LogP contribution in [0.15, 0.2) is 29.2 Å². The Hall–Kier alpha value is -2.21. The highest BCUT2D eigenvalue weighted by Crippen LogP contribution is 2.33. The average Bonchev–Trinajstić information content (AvgIpc) is 2.98. The van der Waals surface area contributed by atoms with Crippen LogP contribution < -0.4 is 10.7 Å². The third-order valence-electron chi connectivity index (χ3n) is 6.26. The Balaban J connectivity index is 1.31. The maximum Gasteiger partial charge on any atom is 0.344 e. The first-order valence-corrected chi connectivity index (χ1v) is 12.5. The minimum absolute atomic E-state index is 0.0515. The van der Waals surface area contributed by atoms with Crippen molar-refractivity contribution < 1.29 is 22.8 Å². The lowest BCUT2D eigenvalue weighted by Gasteiger charge is -2.34. The molecule has 0 aromatic heterocycles. The van der Waals surface area contributed by atoms with E-state index >= 15 is 0 Å². The third-order valence-corrected chi connectivity index (χ3v) is 8.66. The van der Waals surface area contributed by atoms with Crippen LogP contribution in [-0.4, -0.2) is 78.7 Å². The Morgan fingerprint density at radius 3 is 2.38 bits per heavy atom. The molecule has 2 aliphatic heterocycles. The maximum atomic E-state index is 12.8. The number of rotatable bonds is 5. The monoisotopic (exact) mass is 483 g/mol. The fourth-order valence-corrected chi connectivity index (χ4v) is 6.42. The lowest BCUT2D eigenvalue weighted by atomic mass is 9.82. The van der Waals surface area contributed by atoms with Crippen molar-refractivity contribution in [2.75, 3.05) is 32.7 Å². The molecular weight excluding hydrogens is 458 g/mol. The molecule has 32 heavy (non-hydrogen) atoms. The molecule has 0 atom stereocenters. The van der Waals surface area contributed by atoms with Gasteiger partial charge in [0.05, 0.1) is 11.6 Å². The number of hydrazine groups is 1. The van der Waals surface area contributed by atoms with Crippen LogP contribution in [0.5, 0.6) is 0 Å². The number of piperazine rings is 1. The number of benzene rings is 1. The number of hydrogen-bond donors (Lipinski definition) is 2. The van der Waals surface area contributed by atoms with Crippen LogP contribution in [0.4, 0.5) is 4.79 Å². The number of amides is 4. The van der Waals surface area contributed by atoms with Gasteiger partial charge in [-0.2, -0.15) is 9.31 Å². The molecule has 0 bridgehead atoms. The van der Waals surface area contributed by atoms with Crippen molar-refractivity contribution in [1.82, 2.24) is 25.0 Å². The number of urea groups is 1. The molecule has 0 radical (unpaired) electrons. The smallest absolute Gasteiger partial charge is 0.322 e. The summed E-state index contributed by atoms with van der Waals surface area (Å²) in [4.78, 5) is 39.4. The Kier molecular flexibility index (Phi) is 6.44. The van der Waals surface area contributed by atoms with Crippen LogP contribution in [0, 0.1) is 0 Å². The zero-order valence-corrected chi connectivity index (χ0v) is 19.1. The molecule has 12 heteroatoms. The molecule has 1 aromatic rings. The summed E-state index contributed by atoms with van der Waals surface area (Å²) < 4.78 is 27.0. The van der Waals surface area contributed by atoms with Gasteiger partial charge in [0, 0.05) is 26.2 Å². The van der Waals surface area contributed by atoms with Crippen molar-refractivity contribution in [3.63, 3.8) is 0 Å². The Bertz CT molecular complexity index is 1020. The first-order valence-electron chi connectivity index (χ1n) is 10.7. The van der Waals surface area contributed by atoms with Crippen LogP contribution in [-0.2, 0) is 19.6 Å². The molecule has 3 aliphatic rings. The molecule has 4 amide bonds. The topological polar surface area (TPSA) is 119 Å². The van der Waals surface area contributed by atoms with E-state index in [1.54, 1.807) is 17.0 Å². The van der Waals surface area contributed by atoms with Gasteiger partial charge in [-0.15, -0.1) is 0 Å². The molecule has 1 saturated carbocycles. The summed E-state index contributed by atoms with van der Waals surface area (Å²) in [5.74, 6) is -0.907. The fourth-order valence-electron chi connectivity index (χ4n) is 4.50. The van der Waals surface area contributed by atoms with Gasteiger partial charge >= 0.3 is 6.03 Å².